The van der Waals surface area contributed by atoms with Crippen LogP contribution in [0.5, 0.6) is 5.75 Å². The summed E-state index contributed by atoms with van der Waals surface area (Å²) in [5, 5.41) is 14.0. The predicted octanol–water partition coefficient (Wildman–Crippen LogP) is 2.39. The van der Waals surface area contributed by atoms with Crippen molar-refractivity contribution in [3.63, 3.8) is 0 Å². The van der Waals surface area contributed by atoms with Gasteiger partial charge in [-0.3, -0.25) is 10.1 Å². The lowest BCUT2D eigenvalue weighted by Crippen LogP contribution is -2.18. The summed E-state index contributed by atoms with van der Waals surface area (Å²) in [6.45, 7) is 0. The number of methoxy groups -OCH3 is 1. The van der Waals surface area contributed by atoms with E-state index >= 15 is 0 Å². The van der Waals surface area contributed by atoms with Gasteiger partial charge in [0, 0.05) is 17.8 Å². The van der Waals surface area contributed by atoms with Gasteiger partial charge in [0.2, 0.25) is 10.0 Å². The second kappa shape index (κ2) is 6.81. The monoisotopic (exact) mass is 355 g/mol. The maximum Gasteiger partial charge on any atom is 0.294 e. The zero-order valence-electron chi connectivity index (χ0n) is 12.7. The van der Waals surface area contributed by atoms with Crippen molar-refractivity contribution < 1.29 is 22.5 Å². The number of benzene rings is 2. The van der Waals surface area contributed by atoms with Crippen LogP contribution < -0.4 is 14.8 Å². The molecule has 0 aliphatic heterocycles. The molecule has 0 amide bonds. The zero-order chi connectivity index (χ0) is 17.9. The summed E-state index contributed by atoms with van der Waals surface area (Å²) in [6.07, 6.45) is 0. The van der Waals surface area contributed by atoms with Crippen LogP contribution in [0.4, 0.5) is 21.5 Å². The molecule has 0 radical (unpaired) electrons. The highest BCUT2D eigenvalue weighted by atomic mass is 32.2. The van der Waals surface area contributed by atoms with Crippen molar-refractivity contribution in [2.24, 2.45) is 0 Å². The van der Waals surface area contributed by atoms with Crippen molar-refractivity contribution in [3.8, 4) is 5.75 Å². The van der Waals surface area contributed by atoms with E-state index in [9.17, 15) is 22.9 Å². The van der Waals surface area contributed by atoms with Gasteiger partial charge in [0.15, 0.2) is 11.6 Å². The largest absolute Gasteiger partial charge is 0.494 e. The van der Waals surface area contributed by atoms with Gasteiger partial charge in [-0.15, -0.1) is 0 Å². The number of nitrogens with one attached hydrogen (secondary N) is 2. The Labute approximate surface area is 137 Å². The van der Waals surface area contributed by atoms with Gasteiger partial charge in [0.25, 0.3) is 5.69 Å². The second-order valence-corrected chi connectivity index (χ2v) is 6.50. The highest BCUT2D eigenvalue weighted by Gasteiger charge is 2.20. The molecule has 24 heavy (non-hydrogen) atoms. The summed E-state index contributed by atoms with van der Waals surface area (Å²) in [6, 6.07) is 7.28. The fraction of sp³-hybridized carbons (Fsp3) is 0.143. The number of anilines is 2. The first-order valence-corrected chi connectivity index (χ1v) is 8.09. The molecule has 0 aliphatic rings. The smallest absolute Gasteiger partial charge is 0.294 e. The van der Waals surface area contributed by atoms with Crippen molar-refractivity contribution in [2.75, 3.05) is 19.5 Å². The fourth-order valence-electron chi connectivity index (χ4n) is 1.95. The molecular weight excluding hydrogens is 341 g/mol. The van der Waals surface area contributed by atoms with Crippen LogP contribution >= 0.6 is 0 Å². The van der Waals surface area contributed by atoms with E-state index in [0.29, 0.717) is 5.69 Å². The molecule has 2 aromatic carbocycles. The third-order valence-corrected chi connectivity index (χ3v) is 4.59. The van der Waals surface area contributed by atoms with Crippen LogP contribution in [-0.2, 0) is 10.0 Å². The van der Waals surface area contributed by atoms with E-state index in [1.165, 1.54) is 38.4 Å². The maximum atomic E-state index is 13.4. The topological polar surface area (TPSA) is 111 Å². The number of nitro benzene ring substituents is 1. The highest BCUT2D eigenvalue weighted by molar-refractivity contribution is 7.89. The van der Waals surface area contributed by atoms with Gasteiger partial charge >= 0.3 is 0 Å². The molecule has 0 fully saturated rings. The first-order valence-electron chi connectivity index (χ1n) is 6.61. The number of ether oxygens (including phenoxy) is 1. The molecule has 0 atom stereocenters. The van der Waals surface area contributed by atoms with Gasteiger partial charge in [-0.25, -0.2) is 17.5 Å². The van der Waals surface area contributed by atoms with E-state index in [-0.39, 0.29) is 16.3 Å². The van der Waals surface area contributed by atoms with E-state index in [1.807, 2.05) is 0 Å². The molecule has 0 aromatic heterocycles. The normalized spacial score (nSPS) is 11.1. The van der Waals surface area contributed by atoms with Gasteiger partial charge in [-0.2, -0.15) is 0 Å². The molecule has 0 aliphatic carbocycles. The lowest BCUT2D eigenvalue weighted by atomic mass is 10.2. The molecule has 2 aromatic rings. The number of hydrogen-bond donors (Lipinski definition) is 2. The Kier molecular flexibility index (Phi) is 5.00. The highest BCUT2D eigenvalue weighted by Crippen LogP contribution is 2.31. The van der Waals surface area contributed by atoms with Crippen molar-refractivity contribution >= 4 is 27.1 Å². The van der Waals surface area contributed by atoms with Gasteiger partial charge < -0.3 is 10.1 Å². The number of rotatable bonds is 6. The quantitative estimate of drug-likeness (QED) is 0.608. The molecule has 2 N–H and O–H groups in total. The second-order valence-electron chi connectivity index (χ2n) is 4.62. The van der Waals surface area contributed by atoms with Crippen molar-refractivity contribution in [2.45, 2.75) is 4.90 Å². The molecule has 0 saturated heterocycles. The Hall–Kier alpha value is -2.72. The summed E-state index contributed by atoms with van der Waals surface area (Å²) >= 11 is 0. The summed E-state index contributed by atoms with van der Waals surface area (Å²) in [4.78, 5) is 10.3. The Bertz CT molecular complexity index is 886. The van der Waals surface area contributed by atoms with Crippen LogP contribution in [0.25, 0.3) is 0 Å². The van der Waals surface area contributed by atoms with Gasteiger partial charge in [-0.05, 0) is 31.3 Å². The Morgan fingerprint density at radius 2 is 1.92 bits per heavy atom. The summed E-state index contributed by atoms with van der Waals surface area (Å²) in [5.74, 6) is -0.606. The SMILES string of the molecule is CNS(=O)(=O)c1ccc(Nc2ccc(F)c(OC)c2)c([N+](=O)[O-])c1. The minimum absolute atomic E-state index is 0.0305. The molecule has 0 unspecified atom stereocenters. The molecule has 2 rings (SSSR count). The van der Waals surface area contributed by atoms with Gasteiger partial charge in [0.05, 0.1) is 16.9 Å². The van der Waals surface area contributed by atoms with E-state index in [2.05, 4.69) is 10.0 Å². The van der Waals surface area contributed by atoms with Gasteiger partial charge in [0.1, 0.15) is 5.69 Å². The maximum absolute atomic E-state index is 13.4. The van der Waals surface area contributed by atoms with E-state index in [1.54, 1.807) is 0 Å². The molecular formula is C14H14FN3O5S. The zero-order valence-corrected chi connectivity index (χ0v) is 13.6. The average Bonchev–Trinajstić information content (AvgIpc) is 2.56. The van der Waals surface area contributed by atoms with E-state index in [4.69, 9.17) is 4.74 Å². The van der Waals surface area contributed by atoms with E-state index in [0.717, 1.165) is 12.1 Å². The van der Waals surface area contributed by atoms with Crippen LogP contribution in [0.2, 0.25) is 0 Å². The molecule has 0 heterocycles. The molecule has 10 heteroatoms. The molecule has 0 saturated carbocycles. The Morgan fingerprint density at radius 1 is 1.21 bits per heavy atom. The molecule has 0 spiro atoms. The third kappa shape index (κ3) is 3.60. The summed E-state index contributed by atoms with van der Waals surface area (Å²) in [5.41, 5.74) is -0.0288. The van der Waals surface area contributed by atoms with Crippen molar-refractivity contribution in [3.05, 3.63) is 52.3 Å². The van der Waals surface area contributed by atoms with Crippen LogP contribution in [-0.4, -0.2) is 27.5 Å². The minimum atomic E-state index is -3.81. The lowest BCUT2D eigenvalue weighted by Gasteiger charge is -2.10. The minimum Gasteiger partial charge on any atom is -0.494 e. The molecule has 8 nitrogen and oxygen atoms in total. The van der Waals surface area contributed by atoms with Crippen molar-refractivity contribution in [1.29, 1.82) is 0 Å². The van der Waals surface area contributed by atoms with Crippen molar-refractivity contribution in [1.82, 2.24) is 4.72 Å². The van der Waals surface area contributed by atoms with E-state index < -0.39 is 26.5 Å². The van der Waals surface area contributed by atoms with Crippen LogP contribution in [0, 0.1) is 15.9 Å². The average molecular weight is 355 g/mol. The Morgan fingerprint density at radius 3 is 2.50 bits per heavy atom. The number of halogens is 1. The summed E-state index contributed by atoms with van der Waals surface area (Å²) < 4.78 is 43.8. The molecule has 128 valence electrons. The van der Waals surface area contributed by atoms with Gasteiger partial charge in [-0.1, -0.05) is 0 Å². The standard InChI is InChI=1S/C14H14FN3O5S/c1-16-24(21,22)10-4-6-12(13(8-10)18(19)20)17-9-3-5-11(15)14(7-9)23-2/h3-8,16-17H,1-2H3. The predicted molar refractivity (Wildman–Crippen MR) is 85.6 cm³/mol. The molecule has 0 bridgehead atoms. The lowest BCUT2D eigenvalue weighted by molar-refractivity contribution is -0.384. The van der Waals surface area contributed by atoms with Crippen LogP contribution in [0.1, 0.15) is 0 Å². The first-order chi connectivity index (χ1) is 11.3. The third-order valence-electron chi connectivity index (χ3n) is 3.18. The van der Waals surface area contributed by atoms with Crippen LogP contribution in [0.3, 0.4) is 0 Å². The number of nitro groups is 1. The fourth-order valence-corrected chi connectivity index (χ4v) is 2.70. The number of nitrogens with zero attached hydrogens (tertiary/aromatic N) is 1. The number of sulfonamides is 1. The summed E-state index contributed by atoms with van der Waals surface area (Å²) in [7, 11) is -1.31. The Balaban J connectivity index is 2.45. The number of hydrogen-bond acceptors (Lipinski definition) is 6. The first kappa shape index (κ1) is 17.6. The van der Waals surface area contributed by atoms with Crippen LogP contribution in [0.15, 0.2) is 41.3 Å².